The van der Waals surface area contributed by atoms with Crippen LogP contribution in [0, 0.1) is 0 Å². The number of hydrogen-bond acceptors (Lipinski definition) is 17. The average molecular weight is 1110 g/mol. The summed E-state index contributed by atoms with van der Waals surface area (Å²) in [6.45, 7) is 8.31. The topological polar surface area (TPSA) is 225 Å². The molecule has 2 fully saturated rings. The van der Waals surface area contributed by atoms with Crippen LogP contribution in [0.2, 0.25) is 0 Å². The fourth-order valence-corrected chi connectivity index (χ4v) is 8.83. The first-order valence-electron chi connectivity index (χ1n) is 29.5. The van der Waals surface area contributed by atoms with Crippen LogP contribution < -0.4 is 0 Å². The quantitative estimate of drug-likeness (QED) is 0.0169. The van der Waals surface area contributed by atoms with Crippen LogP contribution >= 0.6 is 7.82 Å². The Balaban J connectivity index is 0.00000134. The lowest BCUT2D eigenvalue weighted by Gasteiger charge is -2.18. The molecule has 2 saturated carbocycles. The van der Waals surface area contributed by atoms with Gasteiger partial charge in [-0.3, -0.25) is 0 Å². The van der Waals surface area contributed by atoms with Crippen molar-refractivity contribution in [3.63, 3.8) is 0 Å². The largest absolute Gasteiger partial charge is 0.466 e. The summed E-state index contributed by atoms with van der Waals surface area (Å²) in [5.41, 5.74) is 0. The van der Waals surface area contributed by atoms with Crippen molar-refractivity contribution in [3.8, 4) is 0 Å². The zero-order chi connectivity index (χ0) is 54.7. The lowest BCUT2D eigenvalue weighted by molar-refractivity contribution is -0.813. The Bertz CT molecular complexity index is 1140. The smallest absolute Gasteiger partial charge is 0.311 e. The van der Waals surface area contributed by atoms with Crippen LogP contribution in [-0.4, -0.2) is 26.9 Å². The van der Waals surface area contributed by atoms with E-state index >= 15 is 0 Å². The molecule has 0 unspecified atom stereocenters. The molecule has 0 amide bonds. The molecule has 0 spiro atoms. The third kappa shape index (κ3) is 61.7. The molecular formula is C54H107O20P. The number of unbranched alkanes of at least 4 members (excludes halogenated alkanes) is 30. The second kappa shape index (κ2) is 60.3. The molecule has 0 radical (unpaired) electrons. The summed E-state index contributed by atoms with van der Waals surface area (Å²) in [5, 5.41) is 51.3. The van der Waals surface area contributed by atoms with Gasteiger partial charge in [-0.2, -0.15) is 0 Å². The van der Waals surface area contributed by atoms with Gasteiger partial charge in [0, 0.05) is 43.1 Å². The molecule has 448 valence electrons. The third-order valence-corrected chi connectivity index (χ3v) is 13.2. The van der Waals surface area contributed by atoms with Crippen molar-refractivity contribution in [1.29, 1.82) is 0 Å². The van der Waals surface area contributed by atoms with E-state index in [0.29, 0.717) is 11.5 Å². The molecule has 0 heterocycles. The summed E-state index contributed by atoms with van der Waals surface area (Å²) in [4.78, 5) is 41.6. The molecular weight excluding hydrogens is 1000 g/mol. The molecule has 20 nitrogen and oxygen atoms in total. The van der Waals surface area contributed by atoms with Gasteiger partial charge in [-0.05, 0) is 94.8 Å². The molecule has 0 saturated heterocycles. The van der Waals surface area contributed by atoms with E-state index in [0.717, 1.165) is 77.0 Å². The summed E-state index contributed by atoms with van der Waals surface area (Å²) in [6, 6.07) is 0. The van der Waals surface area contributed by atoms with E-state index in [1.54, 1.807) is 0 Å². The van der Waals surface area contributed by atoms with Gasteiger partial charge in [-0.1, -0.05) is 245 Å². The molecule has 2 aliphatic rings. The van der Waals surface area contributed by atoms with Crippen molar-refractivity contribution in [2.45, 2.75) is 322 Å². The highest BCUT2D eigenvalue weighted by Crippen LogP contribution is 2.26. The number of rotatable bonds is 52. The maximum Gasteiger partial charge on any atom is 0.466 e. The van der Waals surface area contributed by atoms with Gasteiger partial charge in [-0.25, -0.2) is 14.3 Å². The predicted molar refractivity (Wildman–Crippen MR) is 281 cm³/mol. The van der Waals surface area contributed by atoms with Crippen LogP contribution in [0.25, 0.3) is 0 Å². The van der Waals surface area contributed by atoms with Gasteiger partial charge in [-0.15, -0.1) is 0 Å². The van der Waals surface area contributed by atoms with Gasteiger partial charge in [0.25, 0.3) is 0 Å². The summed E-state index contributed by atoms with van der Waals surface area (Å²) in [5.74, 6) is 1.33. The Morgan fingerprint density at radius 3 is 0.800 bits per heavy atom. The van der Waals surface area contributed by atoms with E-state index < -0.39 is 7.82 Å². The second-order valence-electron chi connectivity index (χ2n) is 19.8. The molecule has 21 heteroatoms. The van der Waals surface area contributed by atoms with E-state index in [9.17, 15) is 0 Å². The Labute approximate surface area is 451 Å². The Kier molecular flexibility index (Phi) is 59.2. The van der Waals surface area contributed by atoms with Crippen molar-refractivity contribution in [2.75, 3.05) is 0 Å². The molecule has 0 aromatic rings. The predicted octanol–water partition coefficient (Wildman–Crippen LogP) is 17.9. The number of phosphoric acid groups is 1. The minimum atomic E-state index is -4.64. The third-order valence-electron chi connectivity index (χ3n) is 13.2. The molecule has 0 aliphatic heterocycles. The fourth-order valence-electron chi connectivity index (χ4n) is 8.83. The molecule has 2 aliphatic carbocycles. The van der Waals surface area contributed by atoms with Crippen molar-refractivity contribution in [1.82, 2.24) is 0 Å². The van der Waals surface area contributed by atoms with Crippen molar-refractivity contribution in [3.05, 3.63) is 23.7 Å². The van der Waals surface area contributed by atoms with Gasteiger partial charge in [0.05, 0.1) is 12.2 Å². The monoisotopic (exact) mass is 1110 g/mol. The van der Waals surface area contributed by atoms with Crippen LogP contribution in [0.5, 0.6) is 0 Å². The van der Waals surface area contributed by atoms with Gasteiger partial charge in [0.1, 0.15) is 11.5 Å². The van der Waals surface area contributed by atoms with E-state index in [1.807, 2.05) is 26.0 Å². The fraction of sp³-hybridized carbons (Fsp3) is 0.926. The highest BCUT2D eigenvalue weighted by Gasteiger charge is 2.17. The second-order valence-corrected chi connectivity index (χ2v) is 20.9. The molecule has 0 atom stereocenters. The maximum absolute atomic E-state index is 8.88. The van der Waals surface area contributed by atoms with E-state index in [2.05, 4.69) is 74.3 Å². The standard InChI is InChI=1S/2C27H52O8.H3O4P/c2*1-3-5-6-7-8-9-10-11-12-13-14-15-16-17-18-20-23-26(4-2)28-30-32-34-35-33-31-29-27-24-21-19-22-25-27;1-5(2,3)4/h2*4,27H,3,5-25H2,1-2H3;(H3,1,2,3,4). The van der Waals surface area contributed by atoms with Crippen molar-refractivity contribution in [2.24, 2.45) is 0 Å². The van der Waals surface area contributed by atoms with Gasteiger partial charge in [0.2, 0.25) is 0 Å². The normalized spacial score (nSPS) is 14.9. The first kappa shape index (κ1) is 73.6. The Morgan fingerprint density at radius 1 is 0.347 bits per heavy atom. The molecule has 0 aromatic heterocycles. The highest BCUT2D eigenvalue weighted by atomic mass is 31.2. The SMILES string of the molecule is CC=C(CCCCCCCCCCCCCCCCCC)OOOOOOOOC1CCCCC1.CC=C(CCCCCCCCCCCCCCCCCC)OOOOOOOOC1CCCCC1.O=P(O)(O)O. The highest BCUT2D eigenvalue weighted by molar-refractivity contribution is 7.45. The first-order valence-corrected chi connectivity index (χ1v) is 31.0. The number of allylic oxidation sites excluding steroid dienone is 4. The van der Waals surface area contributed by atoms with Crippen LogP contribution in [0.15, 0.2) is 23.7 Å². The molecule has 0 bridgehead atoms. The van der Waals surface area contributed by atoms with E-state index in [1.165, 1.54) is 205 Å². The van der Waals surface area contributed by atoms with Gasteiger partial charge >= 0.3 is 7.82 Å². The lowest BCUT2D eigenvalue weighted by Crippen LogP contribution is -2.17. The zero-order valence-electron chi connectivity index (χ0n) is 47.2. The summed E-state index contributed by atoms with van der Waals surface area (Å²) < 4.78 is 8.88. The summed E-state index contributed by atoms with van der Waals surface area (Å²) in [6.07, 6.45) is 59.0. The van der Waals surface area contributed by atoms with Crippen LogP contribution in [0.1, 0.15) is 310 Å². The molecule has 3 N–H and O–H groups in total. The van der Waals surface area contributed by atoms with E-state index in [4.69, 9.17) is 38.8 Å². The zero-order valence-corrected chi connectivity index (χ0v) is 48.0. The van der Waals surface area contributed by atoms with Crippen molar-refractivity contribution >= 4 is 7.82 Å². The first-order chi connectivity index (χ1) is 36.7. The molecule has 0 aromatic carbocycles. The van der Waals surface area contributed by atoms with Gasteiger partial charge in [0.15, 0.2) is 0 Å². The molecule has 75 heavy (non-hydrogen) atoms. The van der Waals surface area contributed by atoms with Crippen LogP contribution in [-0.2, 0) is 84.6 Å². The Morgan fingerprint density at radius 2 is 0.560 bits per heavy atom. The Hall–Kier alpha value is -1.37. The summed E-state index contributed by atoms with van der Waals surface area (Å²) >= 11 is 0. The van der Waals surface area contributed by atoms with Crippen LogP contribution in [0.3, 0.4) is 0 Å². The average Bonchev–Trinajstić information content (AvgIpc) is 3.41. The van der Waals surface area contributed by atoms with Crippen LogP contribution in [0.4, 0.5) is 0 Å². The van der Waals surface area contributed by atoms with Gasteiger partial charge < -0.3 is 24.5 Å². The minimum absolute atomic E-state index is 0.00893. The number of hydrogen-bond donors (Lipinski definition) is 3. The maximum atomic E-state index is 8.88. The minimum Gasteiger partial charge on any atom is -0.311 e. The summed E-state index contributed by atoms with van der Waals surface area (Å²) in [7, 11) is -4.64. The lowest BCUT2D eigenvalue weighted by atomic mass is 9.98. The molecule has 2 rings (SSSR count). The van der Waals surface area contributed by atoms with E-state index in [-0.39, 0.29) is 12.2 Å². The van der Waals surface area contributed by atoms with Crippen molar-refractivity contribution < 1.29 is 99.3 Å².